The van der Waals surface area contributed by atoms with Gasteiger partial charge < -0.3 is 14.5 Å². The number of fused-ring (bicyclic) bond motifs is 1. The van der Waals surface area contributed by atoms with Crippen LogP contribution >= 0.6 is 15.9 Å². The highest BCUT2D eigenvalue weighted by Gasteiger charge is 2.09. The molecule has 1 heterocycles. The maximum atomic E-state index is 12.1. The minimum atomic E-state index is -0.390. The van der Waals surface area contributed by atoms with Crippen molar-refractivity contribution in [2.45, 2.75) is 20.0 Å². The van der Waals surface area contributed by atoms with Crippen LogP contribution in [-0.2, 0) is 9.53 Å². The van der Waals surface area contributed by atoms with Crippen molar-refractivity contribution in [3.8, 4) is 0 Å². The van der Waals surface area contributed by atoms with E-state index in [1.54, 1.807) is 44.2 Å². The lowest BCUT2D eigenvalue weighted by Gasteiger charge is -2.08. The molecule has 0 aliphatic carbocycles. The number of hydrogen-bond donors (Lipinski definition) is 1. The van der Waals surface area contributed by atoms with Gasteiger partial charge in [-0.25, -0.2) is 4.79 Å². The van der Waals surface area contributed by atoms with Crippen molar-refractivity contribution < 1.29 is 18.7 Å². The van der Waals surface area contributed by atoms with Crippen LogP contribution in [0.15, 0.2) is 63.5 Å². The molecule has 0 radical (unpaired) electrons. The molecular formula is C21H18BrNO4. The van der Waals surface area contributed by atoms with E-state index in [1.165, 1.54) is 6.08 Å². The fraction of sp³-hybridized carbons (Fsp3) is 0.143. The number of benzene rings is 2. The van der Waals surface area contributed by atoms with E-state index in [4.69, 9.17) is 9.15 Å². The number of esters is 1. The van der Waals surface area contributed by atoms with Gasteiger partial charge in [-0.05, 0) is 68.5 Å². The maximum Gasteiger partial charge on any atom is 0.338 e. The molecule has 0 saturated carbocycles. The first kappa shape index (κ1) is 18.9. The van der Waals surface area contributed by atoms with Crippen molar-refractivity contribution >= 4 is 50.5 Å². The highest BCUT2D eigenvalue weighted by molar-refractivity contribution is 9.10. The van der Waals surface area contributed by atoms with Crippen LogP contribution in [0.5, 0.6) is 0 Å². The summed E-state index contributed by atoms with van der Waals surface area (Å²) in [6, 6.07) is 14.1. The van der Waals surface area contributed by atoms with Gasteiger partial charge in [0.2, 0.25) is 5.91 Å². The van der Waals surface area contributed by atoms with Crippen LogP contribution in [0, 0.1) is 0 Å². The number of amides is 1. The summed E-state index contributed by atoms with van der Waals surface area (Å²) in [5, 5.41) is 3.69. The van der Waals surface area contributed by atoms with Gasteiger partial charge in [-0.2, -0.15) is 0 Å². The second-order valence-electron chi connectivity index (χ2n) is 6.18. The molecule has 1 aromatic heterocycles. The van der Waals surface area contributed by atoms with Gasteiger partial charge in [-0.1, -0.05) is 15.9 Å². The number of carbonyl (C=O) groups is 2. The van der Waals surface area contributed by atoms with E-state index in [0.29, 0.717) is 17.0 Å². The third kappa shape index (κ3) is 5.08. The van der Waals surface area contributed by atoms with Gasteiger partial charge in [0.15, 0.2) is 0 Å². The van der Waals surface area contributed by atoms with Gasteiger partial charge in [-0.15, -0.1) is 0 Å². The molecule has 27 heavy (non-hydrogen) atoms. The molecule has 0 atom stereocenters. The summed E-state index contributed by atoms with van der Waals surface area (Å²) in [5.41, 5.74) is 1.77. The second kappa shape index (κ2) is 8.22. The minimum Gasteiger partial charge on any atom is -0.459 e. The average molecular weight is 428 g/mol. The summed E-state index contributed by atoms with van der Waals surface area (Å²) in [5.74, 6) is -0.0986. The Morgan fingerprint density at radius 3 is 2.56 bits per heavy atom. The van der Waals surface area contributed by atoms with Gasteiger partial charge in [0.05, 0.1) is 11.7 Å². The predicted molar refractivity (Wildman–Crippen MR) is 109 cm³/mol. The molecule has 0 bridgehead atoms. The zero-order valence-corrected chi connectivity index (χ0v) is 16.4. The number of ether oxygens (including phenoxy) is 1. The van der Waals surface area contributed by atoms with Crippen molar-refractivity contribution in [3.63, 3.8) is 0 Å². The molecule has 6 heteroatoms. The summed E-state index contributed by atoms with van der Waals surface area (Å²) >= 11 is 3.41. The van der Waals surface area contributed by atoms with E-state index in [2.05, 4.69) is 21.2 Å². The van der Waals surface area contributed by atoms with Crippen molar-refractivity contribution in [2.75, 3.05) is 5.32 Å². The lowest BCUT2D eigenvalue weighted by atomic mass is 10.2. The van der Waals surface area contributed by atoms with E-state index in [0.717, 1.165) is 15.4 Å². The van der Waals surface area contributed by atoms with Gasteiger partial charge >= 0.3 is 5.97 Å². The highest BCUT2D eigenvalue weighted by atomic mass is 79.9. The summed E-state index contributed by atoms with van der Waals surface area (Å²) in [4.78, 5) is 23.9. The van der Waals surface area contributed by atoms with Crippen molar-refractivity contribution in [3.05, 3.63) is 70.4 Å². The molecule has 2 aromatic carbocycles. The fourth-order valence-corrected chi connectivity index (χ4v) is 2.81. The topological polar surface area (TPSA) is 68.5 Å². The van der Waals surface area contributed by atoms with Gasteiger partial charge in [0, 0.05) is 21.6 Å². The quantitative estimate of drug-likeness (QED) is 0.436. The Morgan fingerprint density at radius 2 is 1.85 bits per heavy atom. The molecular weight excluding hydrogens is 410 g/mol. The Morgan fingerprint density at radius 1 is 1.11 bits per heavy atom. The third-order valence-electron chi connectivity index (χ3n) is 3.63. The second-order valence-corrected chi connectivity index (χ2v) is 7.10. The highest BCUT2D eigenvalue weighted by Crippen LogP contribution is 2.24. The number of halogens is 1. The molecule has 0 aliphatic rings. The van der Waals surface area contributed by atoms with E-state index in [-0.39, 0.29) is 18.0 Å². The van der Waals surface area contributed by atoms with E-state index in [1.807, 2.05) is 24.3 Å². The van der Waals surface area contributed by atoms with E-state index in [9.17, 15) is 9.59 Å². The molecule has 0 spiro atoms. The fourth-order valence-electron chi connectivity index (χ4n) is 2.43. The molecule has 3 rings (SSSR count). The first-order chi connectivity index (χ1) is 12.9. The Hall–Kier alpha value is -2.86. The SMILES string of the molecule is CC(C)OC(=O)c1ccc(NC(=O)/C=C/c2cc3cc(Br)ccc3o2)cc1. The molecule has 5 nitrogen and oxygen atoms in total. The van der Waals surface area contributed by atoms with Crippen LogP contribution in [0.3, 0.4) is 0 Å². The number of hydrogen-bond acceptors (Lipinski definition) is 4. The lowest BCUT2D eigenvalue weighted by Crippen LogP contribution is -2.12. The number of nitrogens with one attached hydrogen (secondary N) is 1. The molecule has 1 N–H and O–H groups in total. The van der Waals surface area contributed by atoms with Crippen LogP contribution in [0.25, 0.3) is 17.0 Å². The standard InChI is InChI=1S/C21H18BrNO4/c1-13(2)26-21(25)14-3-6-17(7-4-14)23-20(24)10-8-18-12-15-11-16(22)5-9-19(15)27-18/h3-13H,1-2H3,(H,23,24)/b10-8+. The van der Waals surface area contributed by atoms with E-state index < -0.39 is 0 Å². The Labute approximate surface area is 165 Å². The molecule has 138 valence electrons. The summed E-state index contributed by atoms with van der Waals surface area (Å²) in [6.07, 6.45) is 2.83. The Bertz CT molecular complexity index is 1000. The van der Waals surface area contributed by atoms with Gasteiger partial charge in [0.25, 0.3) is 0 Å². The predicted octanol–water partition coefficient (Wildman–Crippen LogP) is 5.41. The molecule has 0 saturated heterocycles. The molecule has 1 amide bonds. The molecule has 3 aromatic rings. The maximum absolute atomic E-state index is 12.1. The lowest BCUT2D eigenvalue weighted by molar-refractivity contribution is -0.111. The monoisotopic (exact) mass is 427 g/mol. The summed E-state index contributed by atoms with van der Waals surface area (Å²) in [7, 11) is 0. The zero-order chi connectivity index (χ0) is 19.4. The van der Waals surface area contributed by atoms with Crippen LogP contribution in [0.2, 0.25) is 0 Å². The largest absolute Gasteiger partial charge is 0.459 e. The zero-order valence-electron chi connectivity index (χ0n) is 14.9. The molecule has 0 aliphatic heterocycles. The van der Waals surface area contributed by atoms with Crippen LogP contribution in [0.1, 0.15) is 30.0 Å². The molecule has 0 unspecified atom stereocenters. The average Bonchev–Trinajstić information content (AvgIpc) is 3.02. The first-order valence-electron chi connectivity index (χ1n) is 8.40. The minimum absolute atomic E-state index is 0.179. The first-order valence-corrected chi connectivity index (χ1v) is 9.19. The van der Waals surface area contributed by atoms with Crippen LogP contribution in [0.4, 0.5) is 5.69 Å². The van der Waals surface area contributed by atoms with Crippen molar-refractivity contribution in [2.24, 2.45) is 0 Å². The smallest absolute Gasteiger partial charge is 0.338 e. The summed E-state index contributed by atoms with van der Waals surface area (Å²) in [6.45, 7) is 3.58. The van der Waals surface area contributed by atoms with Gasteiger partial charge in [0.1, 0.15) is 11.3 Å². The number of anilines is 1. The van der Waals surface area contributed by atoms with Crippen molar-refractivity contribution in [1.29, 1.82) is 0 Å². The number of carbonyl (C=O) groups excluding carboxylic acids is 2. The van der Waals surface area contributed by atoms with Crippen LogP contribution < -0.4 is 5.32 Å². The normalized spacial score (nSPS) is 11.3. The third-order valence-corrected chi connectivity index (χ3v) is 4.12. The van der Waals surface area contributed by atoms with Crippen LogP contribution in [-0.4, -0.2) is 18.0 Å². The number of furan rings is 1. The van der Waals surface area contributed by atoms with Gasteiger partial charge in [-0.3, -0.25) is 4.79 Å². The Kier molecular flexibility index (Phi) is 5.76. The number of rotatable bonds is 5. The van der Waals surface area contributed by atoms with E-state index >= 15 is 0 Å². The molecule has 0 fully saturated rings. The Balaban J connectivity index is 1.62. The summed E-state index contributed by atoms with van der Waals surface area (Å²) < 4.78 is 11.7. The van der Waals surface area contributed by atoms with Crippen molar-refractivity contribution in [1.82, 2.24) is 0 Å².